The highest BCUT2D eigenvalue weighted by atomic mass is 16.2. The standard InChI is InChI=1S/C19H28N4O/c24-18-14-17(16-4-3-7-20-15-16)19(21-18)5-10-23(11-6-19)13-12-22-8-1-2-9-22/h3-4,7,15,17H,1-2,5-6,8-14H2,(H,21,24). The van der Waals surface area contributed by atoms with Crippen LogP contribution in [0, 0.1) is 0 Å². The van der Waals surface area contributed by atoms with Gasteiger partial charge in [-0.2, -0.15) is 0 Å². The van der Waals surface area contributed by atoms with Crippen molar-refractivity contribution in [2.45, 2.75) is 43.6 Å². The van der Waals surface area contributed by atoms with Crippen LogP contribution in [0.3, 0.4) is 0 Å². The fourth-order valence-corrected chi connectivity index (χ4v) is 4.75. The molecule has 4 rings (SSSR count). The number of rotatable bonds is 4. The molecule has 3 aliphatic heterocycles. The highest BCUT2D eigenvalue weighted by molar-refractivity contribution is 5.81. The summed E-state index contributed by atoms with van der Waals surface area (Å²) in [4.78, 5) is 21.6. The molecular weight excluding hydrogens is 300 g/mol. The summed E-state index contributed by atoms with van der Waals surface area (Å²) in [7, 11) is 0. The summed E-state index contributed by atoms with van der Waals surface area (Å²) in [5, 5.41) is 3.33. The van der Waals surface area contributed by atoms with Crippen LogP contribution in [0.1, 0.15) is 43.6 Å². The number of hydrogen-bond donors (Lipinski definition) is 1. The molecule has 24 heavy (non-hydrogen) atoms. The third-order valence-corrected chi connectivity index (χ3v) is 6.21. The van der Waals surface area contributed by atoms with Gasteiger partial charge in [0.25, 0.3) is 0 Å². The average Bonchev–Trinajstić information content (AvgIpc) is 3.23. The second kappa shape index (κ2) is 6.81. The molecule has 0 aromatic carbocycles. The van der Waals surface area contributed by atoms with Crippen LogP contribution in [0.5, 0.6) is 0 Å². The lowest BCUT2D eigenvalue weighted by atomic mass is 9.75. The zero-order valence-electron chi connectivity index (χ0n) is 14.4. The summed E-state index contributed by atoms with van der Waals surface area (Å²) >= 11 is 0. The molecule has 3 aliphatic rings. The quantitative estimate of drug-likeness (QED) is 0.912. The Morgan fingerprint density at radius 3 is 2.50 bits per heavy atom. The van der Waals surface area contributed by atoms with Crippen molar-refractivity contribution in [1.29, 1.82) is 0 Å². The van der Waals surface area contributed by atoms with Gasteiger partial charge in [0.2, 0.25) is 5.91 Å². The predicted octanol–water partition coefficient (Wildman–Crippen LogP) is 1.62. The smallest absolute Gasteiger partial charge is 0.221 e. The van der Waals surface area contributed by atoms with Crippen LogP contribution in [0.25, 0.3) is 0 Å². The molecule has 5 heteroatoms. The minimum atomic E-state index is -0.0513. The van der Waals surface area contributed by atoms with E-state index >= 15 is 0 Å². The van der Waals surface area contributed by atoms with Crippen LogP contribution in [0.15, 0.2) is 24.5 Å². The fourth-order valence-electron chi connectivity index (χ4n) is 4.75. The van der Waals surface area contributed by atoms with E-state index in [2.05, 4.69) is 26.2 Å². The maximum Gasteiger partial charge on any atom is 0.221 e. The van der Waals surface area contributed by atoms with E-state index in [1.165, 1.54) is 44.6 Å². The Morgan fingerprint density at radius 2 is 1.83 bits per heavy atom. The predicted molar refractivity (Wildman–Crippen MR) is 93.8 cm³/mol. The summed E-state index contributed by atoms with van der Waals surface area (Å²) in [6.07, 6.45) is 9.19. The summed E-state index contributed by atoms with van der Waals surface area (Å²) in [5.74, 6) is 0.480. The monoisotopic (exact) mass is 328 g/mol. The van der Waals surface area contributed by atoms with Gasteiger partial charge < -0.3 is 15.1 Å². The number of carbonyl (C=O) groups is 1. The van der Waals surface area contributed by atoms with Gasteiger partial charge in [0, 0.05) is 56.5 Å². The van der Waals surface area contributed by atoms with Gasteiger partial charge in [-0.05, 0) is 50.4 Å². The molecule has 1 N–H and O–H groups in total. The molecule has 1 amide bonds. The second-order valence-electron chi connectivity index (χ2n) is 7.64. The van der Waals surface area contributed by atoms with E-state index < -0.39 is 0 Å². The molecule has 1 atom stereocenters. The van der Waals surface area contributed by atoms with Crippen molar-refractivity contribution in [1.82, 2.24) is 20.1 Å². The molecular formula is C19H28N4O. The lowest BCUT2D eigenvalue weighted by molar-refractivity contribution is -0.120. The number of hydrogen-bond acceptors (Lipinski definition) is 4. The number of amides is 1. The number of nitrogens with one attached hydrogen (secondary N) is 1. The number of likely N-dealkylation sites (tertiary alicyclic amines) is 2. The zero-order valence-corrected chi connectivity index (χ0v) is 14.4. The number of pyridine rings is 1. The van der Waals surface area contributed by atoms with Gasteiger partial charge in [-0.1, -0.05) is 6.07 Å². The van der Waals surface area contributed by atoms with Crippen molar-refractivity contribution in [3.63, 3.8) is 0 Å². The van der Waals surface area contributed by atoms with Gasteiger partial charge in [-0.25, -0.2) is 0 Å². The lowest BCUT2D eigenvalue weighted by Crippen LogP contribution is -2.54. The van der Waals surface area contributed by atoms with E-state index in [0.29, 0.717) is 6.42 Å². The first-order chi connectivity index (χ1) is 11.8. The summed E-state index contributed by atoms with van der Waals surface area (Å²) in [6, 6.07) is 4.11. The van der Waals surface area contributed by atoms with Crippen LogP contribution < -0.4 is 5.32 Å². The van der Waals surface area contributed by atoms with Crippen LogP contribution in [-0.2, 0) is 4.79 Å². The Labute approximate surface area is 144 Å². The van der Waals surface area contributed by atoms with E-state index in [1.54, 1.807) is 6.20 Å². The van der Waals surface area contributed by atoms with Gasteiger partial charge in [0.1, 0.15) is 0 Å². The Balaban J connectivity index is 1.38. The van der Waals surface area contributed by atoms with Gasteiger partial charge in [-0.15, -0.1) is 0 Å². The molecule has 1 spiro atoms. The third kappa shape index (κ3) is 3.20. The molecule has 0 aliphatic carbocycles. The van der Waals surface area contributed by atoms with E-state index in [4.69, 9.17) is 0 Å². The fraction of sp³-hybridized carbons (Fsp3) is 0.684. The van der Waals surface area contributed by atoms with Crippen molar-refractivity contribution in [2.75, 3.05) is 39.3 Å². The van der Waals surface area contributed by atoms with E-state index in [0.717, 1.165) is 25.9 Å². The second-order valence-corrected chi connectivity index (χ2v) is 7.64. The first kappa shape index (κ1) is 16.0. The minimum Gasteiger partial charge on any atom is -0.350 e. The highest BCUT2D eigenvalue weighted by Crippen LogP contribution is 2.42. The Morgan fingerprint density at radius 1 is 1.12 bits per heavy atom. The van der Waals surface area contributed by atoms with Gasteiger partial charge in [-0.3, -0.25) is 9.78 Å². The molecule has 0 saturated carbocycles. The summed E-state index contributed by atoms with van der Waals surface area (Å²) < 4.78 is 0. The van der Waals surface area contributed by atoms with Crippen LogP contribution in [0.4, 0.5) is 0 Å². The van der Waals surface area contributed by atoms with Crippen LogP contribution in [-0.4, -0.2) is 65.5 Å². The molecule has 0 bridgehead atoms. The van der Waals surface area contributed by atoms with Crippen LogP contribution >= 0.6 is 0 Å². The van der Waals surface area contributed by atoms with Crippen molar-refractivity contribution < 1.29 is 4.79 Å². The number of aromatic nitrogens is 1. The van der Waals surface area contributed by atoms with Crippen molar-refractivity contribution in [3.8, 4) is 0 Å². The topological polar surface area (TPSA) is 48.5 Å². The van der Waals surface area contributed by atoms with Gasteiger partial charge in [0.15, 0.2) is 0 Å². The van der Waals surface area contributed by atoms with Crippen molar-refractivity contribution in [3.05, 3.63) is 30.1 Å². The third-order valence-electron chi connectivity index (χ3n) is 6.21. The van der Waals surface area contributed by atoms with Gasteiger partial charge >= 0.3 is 0 Å². The molecule has 0 radical (unpaired) electrons. The first-order valence-corrected chi connectivity index (χ1v) is 9.41. The van der Waals surface area contributed by atoms with Gasteiger partial charge in [0.05, 0.1) is 0 Å². The Bertz CT molecular complexity index is 562. The van der Waals surface area contributed by atoms with E-state index in [1.807, 2.05) is 12.3 Å². The molecule has 1 aromatic rings. The van der Waals surface area contributed by atoms with Crippen molar-refractivity contribution in [2.24, 2.45) is 0 Å². The molecule has 3 saturated heterocycles. The Hall–Kier alpha value is -1.46. The lowest BCUT2D eigenvalue weighted by Gasteiger charge is -2.43. The average molecular weight is 328 g/mol. The SMILES string of the molecule is O=C1CC(c2cccnc2)C2(CCN(CCN3CCCC3)CC2)N1. The molecule has 1 aromatic heterocycles. The number of piperidine rings is 1. The normalized spacial score (nSPS) is 27.7. The van der Waals surface area contributed by atoms with E-state index in [9.17, 15) is 4.79 Å². The maximum absolute atomic E-state index is 12.1. The molecule has 4 heterocycles. The largest absolute Gasteiger partial charge is 0.350 e. The first-order valence-electron chi connectivity index (χ1n) is 9.41. The maximum atomic E-state index is 12.1. The molecule has 5 nitrogen and oxygen atoms in total. The summed E-state index contributed by atoms with van der Waals surface area (Å²) in [6.45, 7) is 7.09. The molecule has 3 fully saturated rings. The summed E-state index contributed by atoms with van der Waals surface area (Å²) in [5.41, 5.74) is 1.16. The number of carbonyl (C=O) groups excluding carboxylic acids is 1. The molecule has 1 unspecified atom stereocenters. The number of nitrogens with zero attached hydrogens (tertiary/aromatic N) is 3. The Kier molecular flexibility index (Phi) is 4.55. The zero-order chi connectivity index (χ0) is 16.4. The highest BCUT2D eigenvalue weighted by Gasteiger charge is 2.48. The molecule has 130 valence electrons. The van der Waals surface area contributed by atoms with E-state index in [-0.39, 0.29) is 17.4 Å². The van der Waals surface area contributed by atoms with Crippen molar-refractivity contribution >= 4 is 5.91 Å². The minimum absolute atomic E-state index is 0.0513. The van der Waals surface area contributed by atoms with Crippen LogP contribution in [0.2, 0.25) is 0 Å².